The number of piperidine rings is 1. The van der Waals surface area contributed by atoms with Crippen LogP contribution in [0.2, 0.25) is 5.02 Å². The van der Waals surface area contributed by atoms with Crippen LogP contribution in [-0.2, 0) is 0 Å². The lowest BCUT2D eigenvalue weighted by Crippen LogP contribution is -2.30. The highest BCUT2D eigenvalue weighted by Gasteiger charge is 2.14. The number of hydrogen-bond donors (Lipinski definition) is 1. The fraction of sp³-hybridized carbons (Fsp3) is 0.312. The van der Waals surface area contributed by atoms with E-state index in [2.05, 4.69) is 20.2 Å². The molecule has 0 bridgehead atoms. The number of carbonyl (C=O) groups is 1. The van der Waals surface area contributed by atoms with Crippen molar-refractivity contribution in [2.45, 2.75) is 19.3 Å². The van der Waals surface area contributed by atoms with Gasteiger partial charge in [0.1, 0.15) is 5.82 Å². The molecule has 0 spiro atoms. The third-order valence-electron chi connectivity index (χ3n) is 3.71. The van der Waals surface area contributed by atoms with Crippen LogP contribution in [0.25, 0.3) is 0 Å². The molecule has 2 heterocycles. The fourth-order valence-corrected chi connectivity index (χ4v) is 2.77. The smallest absolute Gasteiger partial charge is 0.257 e. The predicted octanol–water partition coefficient (Wildman–Crippen LogP) is 3.51. The first-order valence-corrected chi connectivity index (χ1v) is 7.85. The summed E-state index contributed by atoms with van der Waals surface area (Å²) in [5, 5.41) is 2.72. The average Bonchev–Trinajstić information content (AvgIpc) is 2.56. The molecular formula is C16H16ClFN4O. The molecular weight excluding hydrogens is 319 g/mol. The number of anilines is 2. The number of nitrogens with one attached hydrogen (secondary N) is 1. The van der Waals surface area contributed by atoms with Gasteiger partial charge >= 0.3 is 0 Å². The van der Waals surface area contributed by atoms with Crippen molar-refractivity contribution >= 4 is 29.1 Å². The van der Waals surface area contributed by atoms with E-state index in [1.165, 1.54) is 18.6 Å². The monoisotopic (exact) mass is 334 g/mol. The molecule has 23 heavy (non-hydrogen) atoms. The van der Waals surface area contributed by atoms with E-state index in [-0.39, 0.29) is 10.6 Å². The van der Waals surface area contributed by atoms with Crippen LogP contribution in [0, 0.1) is 5.82 Å². The van der Waals surface area contributed by atoms with Crippen LogP contribution in [0.1, 0.15) is 29.6 Å². The second-order valence-corrected chi connectivity index (χ2v) is 5.80. The molecule has 0 unspecified atom stereocenters. The summed E-state index contributed by atoms with van der Waals surface area (Å²) >= 11 is 5.88. The first-order valence-electron chi connectivity index (χ1n) is 7.47. The molecule has 1 N–H and O–H groups in total. The van der Waals surface area contributed by atoms with Crippen molar-refractivity contribution in [2.75, 3.05) is 23.3 Å². The first kappa shape index (κ1) is 15.7. The van der Waals surface area contributed by atoms with Crippen molar-refractivity contribution in [3.63, 3.8) is 0 Å². The Morgan fingerprint density at radius 1 is 1.17 bits per heavy atom. The summed E-state index contributed by atoms with van der Waals surface area (Å²) in [6.07, 6.45) is 6.65. The number of benzene rings is 1. The third kappa shape index (κ3) is 3.76. The molecule has 5 nitrogen and oxygen atoms in total. The molecule has 1 saturated heterocycles. The molecule has 1 aromatic carbocycles. The number of nitrogens with zero attached hydrogens (tertiary/aromatic N) is 3. The number of aromatic nitrogens is 2. The Balaban J connectivity index is 1.69. The molecule has 7 heteroatoms. The highest BCUT2D eigenvalue weighted by atomic mass is 35.5. The second kappa shape index (κ2) is 6.91. The zero-order chi connectivity index (χ0) is 16.2. The summed E-state index contributed by atoms with van der Waals surface area (Å²) in [6, 6.07) is 3.64. The fourth-order valence-electron chi connectivity index (χ4n) is 2.52. The Hall–Kier alpha value is -2.21. The van der Waals surface area contributed by atoms with Gasteiger partial charge in [-0.05, 0) is 37.5 Å². The minimum Gasteiger partial charge on any atom is -0.341 e. The van der Waals surface area contributed by atoms with Crippen molar-refractivity contribution in [3.05, 3.63) is 47.0 Å². The summed E-state index contributed by atoms with van der Waals surface area (Å²) in [5.74, 6) is -0.243. The minimum atomic E-state index is -0.485. The largest absolute Gasteiger partial charge is 0.341 e. The topological polar surface area (TPSA) is 58.1 Å². The molecule has 1 aromatic heterocycles. The summed E-state index contributed by atoms with van der Waals surface area (Å²) < 4.78 is 13.0. The van der Waals surface area contributed by atoms with Crippen molar-refractivity contribution in [3.8, 4) is 0 Å². The summed E-state index contributed by atoms with van der Waals surface area (Å²) in [6.45, 7) is 1.91. The maximum absolute atomic E-state index is 13.0. The van der Waals surface area contributed by atoms with Crippen molar-refractivity contribution < 1.29 is 9.18 Å². The van der Waals surface area contributed by atoms with Crippen LogP contribution < -0.4 is 10.2 Å². The van der Waals surface area contributed by atoms with Crippen molar-refractivity contribution in [1.82, 2.24) is 9.97 Å². The molecule has 0 saturated carbocycles. The molecule has 1 aliphatic heterocycles. The van der Waals surface area contributed by atoms with Crippen LogP contribution in [0.3, 0.4) is 0 Å². The van der Waals surface area contributed by atoms with E-state index in [1.807, 2.05) is 0 Å². The molecule has 120 valence electrons. The number of carbonyl (C=O) groups excluding carboxylic acids is 1. The predicted molar refractivity (Wildman–Crippen MR) is 87.5 cm³/mol. The van der Waals surface area contributed by atoms with Gasteiger partial charge in [0.15, 0.2) is 0 Å². The summed E-state index contributed by atoms with van der Waals surface area (Å²) in [5.41, 5.74) is 0.671. The van der Waals surface area contributed by atoms with Gasteiger partial charge in [-0.15, -0.1) is 0 Å². The standard InChI is InChI=1S/C16H16ClFN4O/c17-14-8-11(18)4-5-13(14)15(23)21-12-9-19-16(20-10-12)22-6-2-1-3-7-22/h4-5,8-10H,1-3,6-7H2,(H,21,23). The lowest BCUT2D eigenvalue weighted by atomic mass is 10.1. The van der Waals surface area contributed by atoms with Gasteiger partial charge in [-0.3, -0.25) is 4.79 Å². The molecule has 2 aromatic rings. The zero-order valence-corrected chi connectivity index (χ0v) is 13.2. The van der Waals surface area contributed by atoms with Gasteiger partial charge in [-0.25, -0.2) is 14.4 Å². The van der Waals surface area contributed by atoms with E-state index in [9.17, 15) is 9.18 Å². The van der Waals surface area contributed by atoms with Gasteiger partial charge in [-0.2, -0.15) is 0 Å². The van der Waals surface area contributed by atoms with Gasteiger partial charge in [0.2, 0.25) is 5.95 Å². The van der Waals surface area contributed by atoms with E-state index in [0.717, 1.165) is 32.0 Å². The van der Waals surface area contributed by atoms with Crippen LogP contribution in [0.5, 0.6) is 0 Å². The molecule has 1 amide bonds. The van der Waals surface area contributed by atoms with E-state index >= 15 is 0 Å². The maximum Gasteiger partial charge on any atom is 0.257 e. The van der Waals surface area contributed by atoms with Crippen LogP contribution in [0.15, 0.2) is 30.6 Å². The Morgan fingerprint density at radius 3 is 2.52 bits per heavy atom. The van der Waals surface area contributed by atoms with E-state index < -0.39 is 11.7 Å². The van der Waals surface area contributed by atoms with Gasteiger partial charge < -0.3 is 10.2 Å². The number of amides is 1. The van der Waals surface area contributed by atoms with Crippen molar-refractivity contribution in [2.24, 2.45) is 0 Å². The molecule has 1 fully saturated rings. The molecule has 3 rings (SSSR count). The Morgan fingerprint density at radius 2 is 1.87 bits per heavy atom. The Bertz CT molecular complexity index is 702. The van der Waals surface area contributed by atoms with Crippen LogP contribution >= 0.6 is 11.6 Å². The Labute approximate surface area is 138 Å². The van der Waals surface area contributed by atoms with Gasteiger partial charge in [-0.1, -0.05) is 11.6 Å². The summed E-state index contributed by atoms with van der Waals surface area (Å²) in [4.78, 5) is 22.9. The third-order valence-corrected chi connectivity index (χ3v) is 4.02. The van der Waals surface area contributed by atoms with Gasteiger partial charge in [0, 0.05) is 13.1 Å². The quantitative estimate of drug-likeness (QED) is 0.933. The number of halogens is 2. The molecule has 0 aliphatic carbocycles. The normalized spacial score (nSPS) is 14.6. The Kier molecular flexibility index (Phi) is 4.71. The average molecular weight is 335 g/mol. The number of hydrogen-bond acceptors (Lipinski definition) is 4. The SMILES string of the molecule is O=C(Nc1cnc(N2CCCCC2)nc1)c1ccc(F)cc1Cl. The molecule has 0 radical (unpaired) electrons. The second-order valence-electron chi connectivity index (χ2n) is 5.40. The molecule has 0 atom stereocenters. The zero-order valence-electron chi connectivity index (χ0n) is 12.4. The first-order chi connectivity index (χ1) is 11.1. The number of rotatable bonds is 3. The van der Waals surface area contributed by atoms with Crippen LogP contribution in [-0.4, -0.2) is 29.0 Å². The lowest BCUT2D eigenvalue weighted by molar-refractivity contribution is 0.102. The van der Waals surface area contributed by atoms with E-state index in [0.29, 0.717) is 11.6 Å². The van der Waals surface area contributed by atoms with Crippen molar-refractivity contribution in [1.29, 1.82) is 0 Å². The highest BCUT2D eigenvalue weighted by molar-refractivity contribution is 6.34. The van der Waals surface area contributed by atoms with Gasteiger partial charge in [0.05, 0.1) is 28.7 Å². The van der Waals surface area contributed by atoms with Crippen LogP contribution in [0.4, 0.5) is 16.0 Å². The molecule has 1 aliphatic rings. The lowest BCUT2D eigenvalue weighted by Gasteiger charge is -2.26. The minimum absolute atomic E-state index is 0.0633. The maximum atomic E-state index is 13.0. The van der Waals surface area contributed by atoms with Gasteiger partial charge in [0.25, 0.3) is 5.91 Å². The van der Waals surface area contributed by atoms with E-state index in [4.69, 9.17) is 11.6 Å². The highest BCUT2D eigenvalue weighted by Crippen LogP contribution is 2.20. The summed E-state index contributed by atoms with van der Waals surface area (Å²) in [7, 11) is 0. The van der Waals surface area contributed by atoms with E-state index in [1.54, 1.807) is 12.4 Å².